The predicted molar refractivity (Wildman–Crippen MR) is 88.7 cm³/mol. The van der Waals surface area contributed by atoms with Gasteiger partial charge in [-0.05, 0) is 56.6 Å². The van der Waals surface area contributed by atoms with E-state index in [9.17, 15) is 4.79 Å². The largest absolute Gasteiger partial charge is 0.457 e. The number of nitrogens with one attached hydrogen (secondary N) is 2. The fourth-order valence-electron chi connectivity index (χ4n) is 2.74. The summed E-state index contributed by atoms with van der Waals surface area (Å²) in [5.41, 5.74) is 0.606. The lowest BCUT2D eigenvalue weighted by atomic mass is 9.99. The van der Waals surface area contributed by atoms with Crippen molar-refractivity contribution in [3.05, 3.63) is 54.4 Å². The minimum Gasteiger partial charge on any atom is -0.457 e. The Morgan fingerprint density at radius 2 is 2.09 bits per heavy atom. The molecule has 1 aromatic heterocycles. The Morgan fingerprint density at radius 3 is 2.87 bits per heavy atom. The van der Waals surface area contributed by atoms with Gasteiger partial charge >= 0.3 is 0 Å². The van der Waals surface area contributed by atoms with Gasteiger partial charge in [-0.25, -0.2) is 0 Å². The molecule has 2 atom stereocenters. The first-order valence-corrected chi connectivity index (χ1v) is 7.94. The summed E-state index contributed by atoms with van der Waals surface area (Å²) in [7, 11) is 0. The molecule has 1 saturated heterocycles. The van der Waals surface area contributed by atoms with Crippen LogP contribution in [0.4, 0.5) is 0 Å². The molecule has 0 aliphatic carbocycles. The van der Waals surface area contributed by atoms with E-state index in [0.717, 1.165) is 19.4 Å². The van der Waals surface area contributed by atoms with Crippen LogP contribution >= 0.6 is 0 Å². The molecule has 5 heteroatoms. The number of hydrogen-bond acceptors (Lipinski definition) is 4. The predicted octanol–water partition coefficient (Wildman–Crippen LogP) is 2.74. The van der Waals surface area contributed by atoms with Crippen molar-refractivity contribution in [3.63, 3.8) is 0 Å². The Labute approximate surface area is 136 Å². The van der Waals surface area contributed by atoms with E-state index < -0.39 is 0 Å². The first-order valence-electron chi connectivity index (χ1n) is 7.94. The van der Waals surface area contributed by atoms with Crippen LogP contribution in [0.2, 0.25) is 0 Å². The zero-order chi connectivity index (χ0) is 16.1. The van der Waals surface area contributed by atoms with Crippen molar-refractivity contribution >= 4 is 5.91 Å². The van der Waals surface area contributed by atoms with Crippen LogP contribution in [0.15, 0.2) is 48.8 Å². The molecular formula is C18H21N3O2. The summed E-state index contributed by atoms with van der Waals surface area (Å²) in [6.07, 6.45) is 5.43. The third kappa shape index (κ3) is 4.07. The van der Waals surface area contributed by atoms with Gasteiger partial charge in [0, 0.05) is 30.0 Å². The Balaban J connectivity index is 1.67. The second-order valence-corrected chi connectivity index (χ2v) is 5.78. The van der Waals surface area contributed by atoms with E-state index in [-0.39, 0.29) is 11.9 Å². The van der Waals surface area contributed by atoms with Crippen molar-refractivity contribution in [1.82, 2.24) is 15.6 Å². The van der Waals surface area contributed by atoms with Gasteiger partial charge in [0.05, 0.1) is 0 Å². The summed E-state index contributed by atoms with van der Waals surface area (Å²) < 4.78 is 5.75. The van der Waals surface area contributed by atoms with Crippen molar-refractivity contribution in [1.29, 1.82) is 0 Å². The number of rotatable bonds is 4. The highest BCUT2D eigenvalue weighted by atomic mass is 16.5. The van der Waals surface area contributed by atoms with Gasteiger partial charge in [0.15, 0.2) is 0 Å². The standard InChI is InChI=1S/C18H21N3O2/c1-13-17(6-3-9-20-13)21-18(22)14-4-2-5-16(12-14)23-15-7-10-19-11-8-15/h2,4-5,7-8,10-13,17,20H,3,6,9H2,1H3,(H,21,22). The SMILES string of the molecule is CC1NCCCC1NC(=O)c1cccc(Oc2ccncc2)c1. The van der Waals surface area contributed by atoms with Crippen molar-refractivity contribution in [2.45, 2.75) is 31.8 Å². The Hall–Kier alpha value is -2.40. The van der Waals surface area contributed by atoms with Crippen molar-refractivity contribution in [2.75, 3.05) is 6.54 Å². The van der Waals surface area contributed by atoms with Crippen molar-refractivity contribution in [2.24, 2.45) is 0 Å². The maximum Gasteiger partial charge on any atom is 0.251 e. The highest BCUT2D eigenvalue weighted by Crippen LogP contribution is 2.21. The van der Waals surface area contributed by atoms with E-state index >= 15 is 0 Å². The van der Waals surface area contributed by atoms with Crippen LogP contribution in [0.5, 0.6) is 11.5 Å². The fraction of sp³-hybridized carbons (Fsp3) is 0.333. The summed E-state index contributed by atoms with van der Waals surface area (Å²) in [5.74, 6) is 1.27. The molecule has 2 heterocycles. The van der Waals surface area contributed by atoms with E-state index in [1.54, 1.807) is 36.7 Å². The van der Waals surface area contributed by atoms with Crippen molar-refractivity contribution < 1.29 is 9.53 Å². The normalized spacial score (nSPS) is 20.7. The summed E-state index contributed by atoms with van der Waals surface area (Å²) >= 11 is 0. The first-order chi connectivity index (χ1) is 11.2. The zero-order valence-electron chi connectivity index (χ0n) is 13.2. The molecule has 1 fully saturated rings. The lowest BCUT2D eigenvalue weighted by Gasteiger charge is -2.30. The molecule has 1 aliphatic heterocycles. The van der Waals surface area contributed by atoms with Crippen LogP contribution < -0.4 is 15.4 Å². The molecule has 5 nitrogen and oxygen atoms in total. The van der Waals surface area contributed by atoms with Crippen LogP contribution in [-0.2, 0) is 0 Å². The highest BCUT2D eigenvalue weighted by molar-refractivity contribution is 5.94. The molecule has 2 aromatic rings. The second-order valence-electron chi connectivity index (χ2n) is 5.78. The van der Waals surface area contributed by atoms with E-state index in [2.05, 4.69) is 22.5 Å². The number of piperidine rings is 1. The summed E-state index contributed by atoms with van der Waals surface area (Å²) in [4.78, 5) is 16.4. The molecule has 1 amide bonds. The summed E-state index contributed by atoms with van der Waals surface area (Å²) in [6, 6.07) is 11.2. The first kappa shape index (κ1) is 15.5. The van der Waals surface area contributed by atoms with Crippen molar-refractivity contribution in [3.8, 4) is 11.5 Å². The molecule has 3 rings (SSSR count). The molecule has 0 saturated carbocycles. The topological polar surface area (TPSA) is 63.2 Å². The van der Waals surface area contributed by atoms with E-state index in [1.165, 1.54) is 0 Å². The van der Waals surface area contributed by atoms with Crippen LogP contribution in [0.25, 0.3) is 0 Å². The molecule has 1 aliphatic rings. The second kappa shape index (κ2) is 7.24. The van der Waals surface area contributed by atoms with Gasteiger partial charge in [0.2, 0.25) is 0 Å². The van der Waals surface area contributed by atoms with Gasteiger partial charge in [-0.2, -0.15) is 0 Å². The number of amides is 1. The Kier molecular flexibility index (Phi) is 4.88. The Morgan fingerprint density at radius 1 is 1.26 bits per heavy atom. The number of pyridine rings is 1. The van der Waals surface area contributed by atoms with Crippen LogP contribution in [-0.4, -0.2) is 29.5 Å². The number of ether oxygens (including phenoxy) is 1. The fourth-order valence-corrected chi connectivity index (χ4v) is 2.74. The molecule has 23 heavy (non-hydrogen) atoms. The van der Waals surface area contributed by atoms with E-state index in [0.29, 0.717) is 23.1 Å². The van der Waals surface area contributed by atoms with Crippen LogP contribution in [0.3, 0.4) is 0 Å². The number of nitrogens with zero attached hydrogens (tertiary/aromatic N) is 1. The van der Waals surface area contributed by atoms with Crippen LogP contribution in [0, 0.1) is 0 Å². The Bertz CT molecular complexity index is 660. The quantitative estimate of drug-likeness (QED) is 0.911. The molecule has 2 unspecified atom stereocenters. The average Bonchev–Trinajstić information content (AvgIpc) is 2.58. The molecular weight excluding hydrogens is 290 g/mol. The monoisotopic (exact) mass is 311 g/mol. The lowest BCUT2D eigenvalue weighted by molar-refractivity contribution is 0.0919. The van der Waals surface area contributed by atoms with Gasteiger partial charge in [-0.15, -0.1) is 0 Å². The lowest BCUT2D eigenvalue weighted by Crippen LogP contribution is -2.51. The maximum atomic E-state index is 12.5. The van der Waals surface area contributed by atoms with Gasteiger partial charge in [-0.3, -0.25) is 9.78 Å². The van der Waals surface area contributed by atoms with E-state index in [4.69, 9.17) is 4.74 Å². The van der Waals surface area contributed by atoms with Gasteiger partial charge in [0.1, 0.15) is 11.5 Å². The van der Waals surface area contributed by atoms with Gasteiger partial charge in [0.25, 0.3) is 5.91 Å². The number of carbonyl (C=O) groups is 1. The number of benzene rings is 1. The van der Waals surface area contributed by atoms with Gasteiger partial charge < -0.3 is 15.4 Å². The summed E-state index contributed by atoms with van der Waals surface area (Å²) in [6.45, 7) is 3.12. The minimum atomic E-state index is -0.0641. The smallest absolute Gasteiger partial charge is 0.251 e. The number of aromatic nitrogens is 1. The third-order valence-corrected chi connectivity index (χ3v) is 4.06. The molecule has 1 aromatic carbocycles. The molecule has 0 radical (unpaired) electrons. The number of hydrogen-bond donors (Lipinski definition) is 2. The van der Waals surface area contributed by atoms with Gasteiger partial charge in [-0.1, -0.05) is 6.07 Å². The molecule has 0 spiro atoms. The molecule has 0 bridgehead atoms. The zero-order valence-corrected chi connectivity index (χ0v) is 13.2. The summed E-state index contributed by atoms with van der Waals surface area (Å²) in [5, 5.41) is 6.50. The minimum absolute atomic E-state index is 0.0641. The van der Waals surface area contributed by atoms with Crippen LogP contribution in [0.1, 0.15) is 30.1 Å². The highest BCUT2D eigenvalue weighted by Gasteiger charge is 2.22. The third-order valence-electron chi connectivity index (χ3n) is 4.06. The molecule has 120 valence electrons. The number of carbonyl (C=O) groups excluding carboxylic acids is 1. The molecule has 2 N–H and O–H groups in total. The van der Waals surface area contributed by atoms with E-state index in [1.807, 2.05) is 12.1 Å². The maximum absolute atomic E-state index is 12.5. The average molecular weight is 311 g/mol.